The molecule has 0 radical (unpaired) electrons. The minimum atomic E-state index is -0.640. The molecule has 2 atom stereocenters. The van der Waals surface area contributed by atoms with Gasteiger partial charge in [0.1, 0.15) is 6.23 Å². The number of hydrazine groups is 1. The number of aliphatic imine (C=N–C) groups is 1. The van der Waals surface area contributed by atoms with Crippen LogP contribution in [0, 0.1) is 5.92 Å². The summed E-state index contributed by atoms with van der Waals surface area (Å²) in [5.41, 5.74) is 6.04. The second-order valence-electron chi connectivity index (χ2n) is 6.78. The number of nitrogens with zero attached hydrogens (tertiary/aromatic N) is 2. The van der Waals surface area contributed by atoms with E-state index in [1.165, 1.54) is 32.1 Å². The van der Waals surface area contributed by atoms with Crippen LogP contribution in [-0.2, 0) is 4.79 Å². The molecule has 8 heteroatoms. The Kier molecular flexibility index (Phi) is 8.84. The third-order valence-corrected chi connectivity index (χ3v) is 6.36. The summed E-state index contributed by atoms with van der Waals surface area (Å²) in [7, 11) is 3.51. The molecule has 144 valence electrons. The van der Waals surface area contributed by atoms with Crippen molar-refractivity contribution in [3.05, 3.63) is 0 Å². The Bertz CT molecular complexity index is 443. The lowest BCUT2D eigenvalue weighted by Gasteiger charge is -2.27. The van der Waals surface area contributed by atoms with Crippen LogP contribution in [0.1, 0.15) is 44.9 Å². The molecular formula is C17H33N5O2S. The number of aliphatic hydroxyl groups excluding tert-OH is 1. The monoisotopic (exact) mass is 371 g/mol. The van der Waals surface area contributed by atoms with Gasteiger partial charge in [-0.05, 0) is 12.3 Å². The van der Waals surface area contributed by atoms with E-state index in [2.05, 4.69) is 21.2 Å². The fourth-order valence-electron chi connectivity index (χ4n) is 3.58. The number of nitrogens with one attached hydrogen (secondary N) is 3. The van der Waals surface area contributed by atoms with Crippen LogP contribution in [0.5, 0.6) is 0 Å². The molecule has 1 aliphatic heterocycles. The number of rotatable bonds is 8. The van der Waals surface area contributed by atoms with Crippen LogP contribution in [0.15, 0.2) is 4.99 Å². The van der Waals surface area contributed by atoms with Crippen molar-refractivity contribution >= 4 is 23.6 Å². The second-order valence-corrected chi connectivity index (χ2v) is 8.13. The highest BCUT2D eigenvalue weighted by molar-refractivity contribution is 8.00. The van der Waals surface area contributed by atoms with Crippen molar-refractivity contribution in [3.63, 3.8) is 0 Å². The highest BCUT2D eigenvalue weighted by atomic mass is 32.2. The van der Waals surface area contributed by atoms with E-state index in [-0.39, 0.29) is 11.2 Å². The van der Waals surface area contributed by atoms with E-state index in [4.69, 9.17) is 0 Å². The molecule has 2 fully saturated rings. The lowest BCUT2D eigenvalue weighted by molar-refractivity contribution is -0.133. The summed E-state index contributed by atoms with van der Waals surface area (Å²) in [4.78, 5) is 17.9. The summed E-state index contributed by atoms with van der Waals surface area (Å²) in [6.07, 6.45) is 7.39. The van der Waals surface area contributed by atoms with Gasteiger partial charge in [-0.15, -0.1) is 0 Å². The first kappa shape index (κ1) is 20.3. The lowest BCUT2D eigenvalue weighted by Crippen LogP contribution is -2.45. The maximum atomic E-state index is 12.2. The van der Waals surface area contributed by atoms with Crippen molar-refractivity contribution in [3.8, 4) is 0 Å². The van der Waals surface area contributed by atoms with Crippen LogP contribution in [0.25, 0.3) is 0 Å². The van der Waals surface area contributed by atoms with Crippen LogP contribution in [0.4, 0.5) is 0 Å². The number of carbonyl (C=O) groups excluding carboxylic acids is 1. The lowest BCUT2D eigenvalue weighted by atomic mass is 9.87. The molecule has 1 saturated heterocycles. The first-order chi connectivity index (χ1) is 12.2. The van der Waals surface area contributed by atoms with Gasteiger partial charge in [0.05, 0.1) is 5.25 Å². The average Bonchev–Trinajstić information content (AvgIpc) is 2.90. The molecule has 1 saturated carbocycles. The van der Waals surface area contributed by atoms with Crippen molar-refractivity contribution < 1.29 is 9.90 Å². The quantitative estimate of drug-likeness (QED) is 0.220. The SMILES string of the molecule is CN=C(NC)NNCCSC1CC(=O)N(CCC2CCCCC2)C1O. The molecule has 0 spiro atoms. The molecule has 1 aliphatic carbocycles. The number of likely N-dealkylation sites (tertiary alicyclic amines) is 1. The average molecular weight is 372 g/mol. The molecule has 0 bridgehead atoms. The van der Waals surface area contributed by atoms with Crippen LogP contribution in [0.2, 0.25) is 0 Å². The van der Waals surface area contributed by atoms with Gasteiger partial charge in [0.25, 0.3) is 0 Å². The van der Waals surface area contributed by atoms with E-state index >= 15 is 0 Å². The van der Waals surface area contributed by atoms with E-state index in [1.807, 2.05) is 0 Å². The van der Waals surface area contributed by atoms with Crippen LogP contribution >= 0.6 is 11.8 Å². The number of amides is 1. The predicted octanol–water partition coefficient (Wildman–Crippen LogP) is 0.909. The fourth-order valence-corrected chi connectivity index (χ4v) is 4.68. The Balaban J connectivity index is 1.64. The maximum Gasteiger partial charge on any atom is 0.225 e. The van der Waals surface area contributed by atoms with Crippen molar-refractivity contribution in [2.45, 2.75) is 56.4 Å². The topological polar surface area (TPSA) is 89.0 Å². The Morgan fingerprint density at radius 2 is 2.12 bits per heavy atom. The molecule has 25 heavy (non-hydrogen) atoms. The highest BCUT2D eigenvalue weighted by Gasteiger charge is 2.38. The molecule has 0 aromatic rings. The smallest absolute Gasteiger partial charge is 0.225 e. The first-order valence-corrected chi connectivity index (χ1v) is 10.4. The normalized spacial score (nSPS) is 25.5. The van der Waals surface area contributed by atoms with E-state index < -0.39 is 6.23 Å². The number of guanidine groups is 1. The minimum absolute atomic E-state index is 0.0238. The van der Waals surface area contributed by atoms with Crippen LogP contribution in [-0.4, -0.2) is 66.3 Å². The zero-order valence-corrected chi connectivity index (χ0v) is 16.3. The van der Waals surface area contributed by atoms with Gasteiger partial charge >= 0.3 is 0 Å². The highest BCUT2D eigenvalue weighted by Crippen LogP contribution is 2.31. The van der Waals surface area contributed by atoms with Gasteiger partial charge in [-0.3, -0.25) is 15.2 Å². The number of aliphatic hydroxyl groups is 1. The van der Waals surface area contributed by atoms with Gasteiger partial charge in [0.15, 0.2) is 0 Å². The summed E-state index contributed by atoms with van der Waals surface area (Å²) in [5, 5.41) is 13.4. The summed E-state index contributed by atoms with van der Waals surface area (Å²) < 4.78 is 0. The van der Waals surface area contributed by atoms with E-state index in [9.17, 15) is 9.90 Å². The summed E-state index contributed by atoms with van der Waals surface area (Å²) in [6.45, 7) is 1.44. The molecule has 1 amide bonds. The van der Waals surface area contributed by atoms with Crippen molar-refractivity contribution in [2.24, 2.45) is 10.9 Å². The van der Waals surface area contributed by atoms with Gasteiger partial charge in [-0.2, -0.15) is 11.8 Å². The minimum Gasteiger partial charge on any atom is -0.372 e. The molecular weight excluding hydrogens is 338 g/mol. The number of carbonyl (C=O) groups is 1. The van der Waals surface area contributed by atoms with Gasteiger partial charge < -0.3 is 15.3 Å². The Morgan fingerprint density at radius 1 is 1.36 bits per heavy atom. The van der Waals surface area contributed by atoms with Gasteiger partial charge in [0, 0.05) is 39.4 Å². The zero-order chi connectivity index (χ0) is 18.1. The first-order valence-electron chi connectivity index (χ1n) is 9.38. The molecule has 1 heterocycles. The Labute approximate surface area is 155 Å². The third-order valence-electron chi connectivity index (χ3n) is 5.08. The van der Waals surface area contributed by atoms with Crippen molar-refractivity contribution in [1.82, 2.24) is 21.1 Å². The molecule has 0 aromatic heterocycles. The number of hydrogen-bond donors (Lipinski definition) is 4. The van der Waals surface area contributed by atoms with Gasteiger partial charge in [-0.25, -0.2) is 5.43 Å². The molecule has 4 N–H and O–H groups in total. The summed E-state index contributed by atoms with van der Waals surface area (Å²) in [6, 6.07) is 0. The predicted molar refractivity (Wildman–Crippen MR) is 103 cm³/mol. The zero-order valence-electron chi connectivity index (χ0n) is 15.5. The number of hydrogen-bond acceptors (Lipinski definition) is 5. The molecule has 2 unspecified atom stereocenters. The van der Waals surface area contributed by atoms with Crippen molar-refractivity contribution in [2.75, 3.05) is 32.9 Å². The molecule has 0 aromatic carbocycles. The summed E-state index contributed by atoms with van der Waals surface area (Å²) in [5.74, 6) is 2.33. The largest absolute Gasteiger partial charge is 0.372 e. The molecule has 2 rings (SSSR count). The fraction of sp³-hybridized carbons (Fsp3) is 0.882. The van der Waals surface area contributed by atoms with E-state index in [0.29, 0.717) is 18.9 Å². The third kappa shape index (κ3) is 6.34. The van der Waals surface area contributed by atoms with Gasteiger partial charge in [0.2, 0.25) is 11.9 Å². The van der Waals surface area contributed by atoms with E-state index in [1.54, 1.807) is 30.8 Å². The maximum absolute atomic E-state index is 12.2. The van der Waals surface area contributed by atoms with Gasteiger partial charge in [-0.1, -0.05) is 32.1 Å². The van der Waals surface area contributed by atoms with Crippen molar-refractivity contribution in [1.29, 1.82) is 0 Å². The summed E-state index contributed by atoms with van der Waals surface area (Å²) >= 11 is 1.65. The van der Waals surface area contributed by atoms with Crippen LogP contribution in [0.3, 0.4) is 0 Å². The molecule has 2 aliphatic rings. The van der Waals surface area contributed by atoms with Crippen LogP contribution < -0.4 is 16.2 Å². The van der Waals surface area contributed by atoms with E-state index in [0.717, 1.165) is 24.6 Å². The Hall–Kier alpha value is -0.990. The second kappa shape index (κ2) is 10.9. The molecule has 7 nitrogen and oxygen atoms in total. The number of thioether (sulfide) groups is 1. The Morgan fingerprint density at radius 3 is 2.80 bits per heavy atom. The standard InChI is InChI=1S/C17H33N5O2S/c1-18-17(19-2)21-20-9-11-25-14-12-15(23)22(16(14)24)10-8-13-6-4-3-5-7-13/h13-14,16,20,24H,3-12H2,1-2H3,(H2,18,19,21).